The molecule has 8 nitrogen and oxygen atoms in total. The van der Waals surface area contributed by atoms with E-state index in [4.69, 9.17) is 4.74 Å². The van der Waals surface area contributed by atoms with Crippen LogP contribution in [0.2, 0.25) is 0 Å². The number of carbonyl (C=O) groups is 2. The van der Waals surface area contributed by atoms with E-state index in [0.29, 0.717) is 5.75 Å². The Morgan fingerprint density at radius 2 is 1.95 bits per heavy atom. The summed E-state index contributed by atoms with van der Waals surface area (Å²) in [5.74, 6) is -0.744. The Kier molecular flexibility index (Phi) is 5.45. The molecule has 0 saturated carbocycles. The molecule has 0 spiro atoms. The summed E-state index contributed by atoms with van der Waals surface area (Å²) in [5, 5.41) is 12.8. The number of amides is 1. The van der Waals surface area contributed by atoms with Gasteiger partial charge < -0.3 is 14.8 Å². The molecule has 0 heterocycles. The van der Waals surface area contributed by atoms with E-state index < -0.39 is 22.8 Å². The van der Waals surface area contributed by atoms with Crippen LogP contribution in [-0.4, -0.2) is 36.6 Å². The van der Waals surface area contributed by atoms with Crippen molar-refractivity contribution in [1.82, 2.24) is 5.32 Å². The van der Waals surface area contributed by atoms with E-state index in [1.54, 1.807) is 0 Å². The third-order valence-corrected chi connectivity index (χ3v) is 2.35. The summed E-state index contributed by atoms with van der Waals surface area (Å²) in [4.78, 5) is 32.5. The summed E-state index contributed by atoms with van der Waals surface area (Å²) >= 11 is 0. The summed E-state index contributed by atoms with van der Waals surface area (Å²) in [6, 6.07) is 4.53. The second kappa shape index (κ2) is 7.07. The fraction of sp³-hybridized carbons (Fsp3) is 0.333. The van der Waals surface area contributed by atoms with Gasteiger partial charge in [-0.3, -0.25) is 14.9 Å². The average Bonchev–Trinajstić information content (AvgIpc) is 2.44. The standard InChI is InChI=1S/C12H14N2O6/c1-8(12(16)19-2)13-11(15)7-20-10-5-3-9(4-6-10)14(17)18/h3-6,8H,7H2,1-2H3,(H,13,15)/t8-/m0/s1. The van der Waals surface area contributed by atoms with E-state index in [1.165, 1.54) is 38.3 Å². The van der Waals surface area contributed by atoms with Crippen LogP contribution in [-0.2, 0) is 14.3 Å². The average molecular weight is 282 g/mol. The van der Waals surface area contributed by atoms with Gasteiger partial charge in [-0.05, 0) is 19.1 Å². The van der Waals surface area contributed by atoms with Crippen molar-refractivity contribution in [3.05, 3.63) is 34.4 Å². The topological polar surface area (TPSA) is 108 Å². The van der Waals surface area contributed by atoms with Crippen molar-refractivity contribution in [2.45, 2.75) is 13.0 Å². The Morgan fingerprint density at radius 1 is 1.35 bits per heavy atom. The van der Waals surface area contributed by atoms with Gasteiger partial charge in [0.2, 0.25) is 0 Å². The fourth-order valence-corrected chi connectivity index (χ4v) is 1.33. The summed E-state index contributed by atoms with van der Waals surface area (Å²) in [6.45, 7) is 1.18. The minimum Gasteiger partial charge on any atom is -0.484 e. The molecule has 0 aromatic heterocycles. The Balaban J connectivity index is 2.44. The lowest BCUT2D eigenvalue weighted by Gasteiger charge is -2.12. The zero-order chi connectivity index (χ0) is 15.1. The minimum atomic E-state index is -0.770. The second-order valence-corrected chi connectivity index (χ2v) is 3.85. The molecule has 1 rings (SSSR count). The highest BCUT2D eigenvalue weighted by Gasteiger charge is 2.16. The van der Waals surface area contributed by atoms with Gasteiger partial charge in [-0.25, -0.2) is 4.79 Å². The van der Waals surface area contributed by atoms with Crippen LogP contribution in [0.25, 0.3) is 0 Å². The van der Waals surface area contributed by atoms with Crippen molar-refractivity contribution < 1.29 is 24.0 Å². The lowest BCUT2D eigenvalue weighted by molar-refractivity contribution is -0.384. The van der Waals surface area contributed by atoms with Crippen molar-refractivity contribution in [2.24, 2.45) is 0 Å². The van der Waals surface area contributed by atoms with Crippen LogP contribution < -0.4 is 10.1 Å². The maximum Gasteiger partial charge on any atom is 0.328 e. The number of nitro benzene ring substituents is 1. The molecule has 1 aromatic rings. The molecule has 108 valence electrons. The first-order valence-corrected chi connectivity index (χ1v) is 5.68. The molecule has 0 aliphatic heterocycles. The van der Waals surface area contributed by atoms with Crippen LogP contribution in [0.3, 0.4) is 0 Å². The van der Waals surface area contributed by atoms with E-state index in [0.717, 1.165) is 0 Å². The van der Waals surface area contributed by atoms with Gasteiger partial charge in [-0.15, -0.1) is 0 Å². The Bertz CT molecular complexity index is 499. The molecule has 20 heavy (non-hydrogen) atoms. The zero-order valence-corrected chi connectivity index (χ0v) is 11.0. The largest absolute Gasteiger partial charge is 0.484 e. The van der Waals surface area contributed by atoms with E-state index in [1.807, 2.05) is 0 Å². The SMILES string of the molecule is COC(=O)[C@H](C)NC(=O)COc1ccc([N+](=O)[O-])cc1. The number of nitrogens with zero attached hydrogens (tertiary/aromatic N) is 1. The van der Waals surface area contributed by atoms with Gasteiger partial charge in [0.15, 0.2) is 6.61 Å². The fourth-order valence-electron chi connectivity index (χ4n) is 1.33. The molecule has 8 heteroatoms. The molecule has 0 bridgehead atoms. The first-order chi connectivity index (χ1) is 9.43. The molecular formula is C12H14N2O6. The van der Waals surface area contributed by atoms with Crippen molar-refractivity contribution in [3.63, 3.8) is 0 Å². The summed E-state index contributed by atoms with van der Waals surface area (Å²) in [7, 11) is 1.22. The first kappa shape index (κ1) is 15.4. The number of non-ortho nitro benzene ring substituents is 1. The van der Waals surface area contributed by atoms with Gasteiger partial charge in [0, 0.05) is 12.1 Å². The predicted molar refractivity (Wildman–Crippen MR) is 68.2 cm³/mol. The van der Waals surface area contributed by atoms with Crippen LogP contribution in [0, 0.1) is 10.1 Å². The van der Waals surface area contributed by atoms with Crippen LogP contribution in [0.1, 0.15) is 6.92 Å². The van der Waals surface area contributed by atoms with Gasteiger partial charge in [0.05, 0.1) is 12.0 Å². The Hall–Kier alpha value is -2.64. The smallest absolute Gasteiger partial charge is 0.328 e. The van der Waals surface area contributed by atoms with Gasteiger partial charge >= 0.3 is 5.97 Å². The number of benzene rings is 1. The number of nitrogens with one attached hydrogen (secondary N) is 1. The molecule has 1 amide bonds. The van der Waals surface area contributed by atoms with Crippen molar-refractivity contribution >= 4 is 17.6 Å². The lowest BCUT2D eigenvalue weighted by Crippen LogP contribution is -2.41. The number of methoxy groups -OCH3 is 1. The molecule has 1 N–H and O–H groups in total. The van der Waals surface area contributed by atoms with Gasteiger partial charge in [-0.1, -0.05) is 0 Å². The van der Waals surface area contributed by atoms with E-state index in [-0.39, 0.29) is 12.3 Å². The lowest BCUT2D eigenvalue weighted by atomic mass is 10.3. The number of esters is 1. The van der Waals surface area contributed by atoms with E-state index in [9.17, 15) is 19.7 Å². The van der Waals surface area contributed by atoms with Gasteiger partial charge in [0.1, 0.15) is 11.8 Å². The summed E-state index contributed by atoms with van der Waals surface area (Å²) < 4.78 is 9.58. The number of hydrogen-bond acceptors (Lipinski definition) is 6. The van der Waals surface area contributed by atoms with E-state index in [2.05, 4.69) is 10.1 Å². The molecule has 0 unspecified atom stereocenters. The maximum absolute atomic E-state index is 11.5. The third-order valence-electron chi connectivity index (χ3n) is 2.35. The van der Waals surface area contributed by atoms with Gasteiger partial charge in [0.25, 0.3) is 11.6 Å². The van der Waals surface area contributed by atoms with Crippen LogP contribution in [0.5, 0.6) is 5.75 Å². The van der Waals surface area contributed by atoms with Crippen LogP contribution >= 0.6 is 0 Å². The number of hydrogen-bond donors (Lipinski definition) is 1. The molecule has 1 atom stereocenters. The number of carbonyl (C=O) groups excluding carboxylic acids is 2. The normalized spacial score (nSPS) is 11.3. The molecule has 0 radical (unpaired) electrons. The predicted octanol–water partition coefficient (Wildman–Crippen LogP) is 0.651. The molecule has 0 aliphatic rings. The molecule has 0 fully saturated rings. The second-order valence-electron chi connectivity index (χ2n) is 3.85. The maximum atomic E-state index is 11.5. The van der Waals surface area contributed by atoms with Crippen LogP contribution in [0.15, 0.2) is 24.3 Å². The third kappa shape index (κ3) is 4.56. The summed E-state index contributed by atoms with van der Waals surface area (Å²) in [5.41, 5.74) is -0.0684. The zero-order valence-electron chi connectivity index (χ0n) is 11.0. The summed E-state index contributed by atoms with van der Waals surface area (Å²) in [6.07, 6.45) is 0. The highest BCUT2D eigenvalue weighted by molar-refractivity contribution is 5.84. The number of ether oxygens (including phenoxy) is 2. The van der Waals surface area contributed by atoms with Crippen molar-refractivity contribution in [1.29, 1.82) is 0 Å². The Morgan fingerprint density at radius 3 is 2.45 bits per heavy atom. The molecular weight excluding hydrogens is 268 g/mol. The molecule has 0 saturated heterocycles. The number of rotatable bonds is 6. The quantitative estimate of drug-likeness (QED) is 0.466. The van der Waals surface area contributed by atoms with Crippen LogP contribution in [0.4, 0.5) is 5.69 Å². The van der Waals surface area contributed by atoms with Crippen molar-refractivity contribution in [2.75, 3.05) is 13.7 Å². The van der Waals surface area contributed by atoms with Crippen molar-refractivity contribution in [3.8, 4) is 5.75 Å². The molecule has 1 aromatic carbocycles. The monoisotopic (exact) mass is 282 g/mol. The van der Waals surface area contributed by atoms with E-state index >= 15 is 0 Å². The highest BCUT2D eigenvalue weighted by atomic mass is 16.6. The molecule has 0 aliphatic carbocycles. The van der Waals surface area contributed by atoms with Gasteiger partial charge in [-0.2, -0.15) is 0 Å². The Labute approximate surface area is 114 Å². The minimum absolute atomic E-state index is 0.0684. The first-order valence-electron chi connectivity index (χ1n) is 5.68. The number of nitro groups is 1. The highest BCUT2D eigenvalue weighted by Crippen LogP contribution is 2.16.